The molecule has 0 spiro atoms. The molecule has 15 aliphatic carbocycles. The molecule has 10 N–H and O–H groups in total. The summed E-state index contributed by atoms with van der Waals surface area (Å²) in [5.41, 5.74) is 13.2. The van der Waals surface area contributed by atoms with Gasteiger partial charge in [0.25, 0.3) is 17.8 Å². The molecular weight excluding hydrogens is 1860 g/mol. The van der Waals surface area contributed by atoms with Crippen LogP contribution in [0.2, 0.25) is 0 Å². The number of carbonyl (C=O) groups excluding carboxylic acids is 10. The van der Waals surface area contributed by atoms with Crippen LogP contribution in [0.1, 0.15) is 221 Å². The molecule has 0 aromatic carbocycles. The summed E-state index contributed by atoms with van der Waals surface area (Å²) in [4.78, 5) is 141. The molecule has 748 valence electrons. The van der Waals surface area contributed by atoms with Crippen LogP contribution in [0.5, 0.6) is 0 Å². The number of fused-ring (bicyclic) bond motifs is 5. The van der Waals surface area contributed by atoms with Gasteiger partial charge in [0.05, 0.1) is 40.3 Å². The second kappa shape index (κ2) is 39.0. The predicted molar refractivity (Wildman–Crippen MR) is 506 cm³/mol. The van der Waals surface area contributed by atoms with Crippen molar-refractivity contribution in [2.24, 2.45) is 59.2 Å². The van der Waals surface area contributed by atoms with Crippen molar-refractivity contribution in [1.82, 2.24) is 99.6 Å². The quantitative estimate of drug-likeness (QED) is 0.0238. The lowest BCUT2D eigenvalue weighted by atomic mass is 9.93. The van der Waals surface area contributed by atoms with Crippen molar-refractivity contribution in [2.75, 3.05) is 26.6 Å². The second-order valence-electron chi connectivity index (χ2n) is 40.2. The lowest BCUT2D eigenvalue weighted by Crippen LogP contribution is -2.37. The van der Waals surface area contributed by atoms with Crippen molar-refractivity contribution >= 4 is 145 Å². The number of nitrogens with zero attached hydrogens (tertiary/aromatic N) is 15. The summed E-state index contributed by atoms with van der Waals surface area (Å²) in [6, 6.07) is 28.2. The van der Waals surface area contributed by atoms with Gasteiger partial charge in [0.2, 0.25) is 88.8 Å². The Kier molecular flexibility index (Phi) is 25.9. The number of nitrogens with one attached hydrogen (secondary N) is 10. The molecule has 43 heteroatoms. The number of alkyl halides is 8. The number of rotatable bonds is 25. The number of halogens is 8. The second-order valence-corrected chi connectivity index (χ2v) is 40.2. The highest BCUT2D eigenvalue weighted by Crippen LogP contribution is 2.52. The number of hydrogen-bond acceptors (Lipinski definition) is 20. The van der Waals surface area contributed by atoms with Crippen LogP contribution in [-0.2, 0) is 47.9 Å². The van der Waals surface area contributed by atoms with E-state index in [4.69, 9.17) is 0 Å². The molecule has 143 heavy (non-hydrogen) atoms. The summed E-state index contributed by atoms with van der Waals surface area (Å²) in [7, 11) is 0. The molecule has 0 bridgehead atoms. The van der Waals surface area contributed by atoms with Crippen LogP contribution < -0.4 is 53.2 Å². The maximum Gasteiger partial charge on any atom is 0.260 e. The smallest absolute Gasteiger partial charge is 0.260 e. The van der Waals surface area contributed by atoms with E-state index in [-0.39, 0.29) is 120 Å². The van der Waals surface area contributed by atoms with Crippen molar-refractivity contribution in [2.45, 2.75) is 253 Å². The van der Waals surface area contributed by atoms with Gasteiger partial charge in [0, 0.05) is 79.1 Å². The SMILES string of the molecule is O=C(Nc1nc2cccc(C3=CC[C@@H](NC(=O)C4CC4F)CC3)n2n1)C1CC1.O=C(Nc1nc2cccc(C3=CC[C@@H](NC(=O)[C@@H]4CC4(F)F)CC3)n2n1)C1CC1.O=C(Nc1nc2cccc(C3=CC[C@@H](NC(=O)[C@H]4CC4(F)F)CC3)n2n1)C1CC1.O=C(Nc1nc2cccc(C3=CC[C@H](NC(=O)C4CC4F)CC3)n2n1)C1CC1.O=C(Nc1nc2cccc(C3=CC[C@H](NC(=O)[C@@H]4CC4(F)F)CC3)n2n1)C1CC1. The lowest BCUT2D eigenvalue weighted by Gasteiger charge is -2.23. The normalized spacial score (nSPS) is 25.9. The Balaban J connectivity index is 0.000000106. The minimum atomic E-state index is -2.84. The Morgan fingerprint density at radius 2 is 0.448 bits per heavy atom. The van der Waals surface area contributed by atoms with E-state index in [2.05, 4.69) is 116 Å². The third-order valence-electron chi connectivity index (χ3n) is 28.7. The molecular formula is C100H107F8N25O10. The van der Waals surface area contributed by atoms with Gasteiger partial charge in [0.15, 0.2) is 28.2 Å². The Bertz CT molecular complexity index is 6370. The largest absolute Gasteiger partial charge is 0.353 e. The van der Waals surface area contributed by atoms with Gasteiger partial charge >= 0.3 is 0 Å². The first kappa shape index (κ1) is 95.1. The molecule has 10 aromatic heterocycles. The van der Waals surface area contributed by atoms with Crippen LogP contribution in [0, 0.1) is 59.2 Å². The minimum absolute atomic E-state index is 0.0147. The van der Waals surface area contributed by atoms with Gasteiger partial charge in [-0.2, -0.15) is 24.9 Å². The van der Waals surface area contributed by atoms with Crippen molar-refractivity contribution in [3.05, 3.63) is 150 Å². The number of carbonyl (C=O) groups is 10. The lowest BCUT2D eigenvalue weighted by molar-refractivity contribution is -0.126. The predicted octanol–water partition coefficient (Wildman–Crippen LogP) is 13.3. The van der Waals surface area contributed by atoms with Gasteiger partial charge in [-0.05, 0) is 262 Å². The molecule has 35 nitrogen and oxygen atoms in total. The zero-order chi connectivity index (χ0) is 99.0. The fourth-order valence-corrected chi connectivity index (χ4v) is 18.7. The average molecular weight is 1970 g/mol. The summed E-state index contributed by atoms with van der Waals surface area (Å²) in [5, 5.41) is 50.3. The fraction of sp³-hybridized carbons (Fsp3) is 0.500. The molecule has 4 unspecified atom stereocenters. The zero-order valence-corrected chi connectivity index (χ0v) is 77.9. The molecule has 12 atom stereocenters. The fourth-order valence-electron chi connectivity index (χ4n) is 18.7. The van der Waals surface area contributed by atoms with E-state index in [1.165, 1.54) is 0 Å². The minimum Gasteiger partial charge on any atom is -0.353 e. The highest BCUT2D eigenvalue weighted by atomic mass is 19.3. The number of allylic oxidation sites excluding steroid dienone is 5. The zero-order valence-electron chi connectivity index (χ0n) is 77.9. The van der Waals surface area contributed by atoms with Crippen LogP contribution in [0.4, 0.5) is 64.9 Å². The van der Waals surface area contributed by atoms with Gasteiger partial charge in [-0.1, -0.05) is 60.7 Å². The van der Waals surface area contributed by atoms with E-state index in [0.717, 1.165) is 146 Å². The molecule has 10 fully saturated rings. The Labute approximate surface area is 812 Å². The average Bonchev–Trinajstić information content (AvgIpc) is 1.62. The molecule has 10 aromatic rings. The third kappa shape index (κ3) is 22.6. The Morgan fingerprint density at radius 3 is 0.601 bits per heavy atom. The molecule has 0 radical (unpaired) electrons. The van der Waals surface area contributed by atoms with E-state index in [1.54, 1.807) is 22.6 Å². The van der Waals surface area contributed by atoms with E-state index < -0.39 is 77.4 Å². The number of anilines is 5. The van der Waals surface area contributed by atoms with E-state index >= 15 is 0 Å². The molecule has 10 saturated carbocycles. The molecule has 0 saturated heterocycles. The monoisotopic (exact) mass is 1970 g/mol. The molecule has 25 rings (SSSR count). The van der Waals surface area contributed by atoms with Crippen LogP contribution >= 0.6 is 0 Å². The topological polar surface area (TPSA) is 442 Å². The van der Waals surface area contributed by atoms with E-state index in [0.29, 0.717) is 141 Å². The van der Waals surface area contributed by atoms with Gasteiger partial charge in [-0.25, -0.2) is 57.7 Å². The summed E-state index contributed by atoms with van der Waals surface area (Å²) < 4.78 is 113. The van der Waals surface area contributed by atoms with Crippen molar-refractivity contribution in [3.63, 3.8) is 0 Å². The van der Waals surface area contributed by atoms with Gasteiger partial charge in [-0.3, -0.25) is 74.5 Å². The van der Waals surface area contributed by atoms with E-state index in [1.807, 2.05) is 109 Å². The maximum atomic E-state index is 13.0. The molecule has 15 aliphatic rings. The van der Waals surface area contributed by atoms with Crippen LogP contribution in [0.3, 0.4) is 0 Å². The Hall–Kier alpha value is -14.1. The van der Waals surface area contributed by atoms with Crippen molar-refractivity contribution in [3.8, 4) is 0 Å². The van der Waals surface area contributed by atoms with Crippen molar-refractivity contribution < 1.29 is 83.1 Å². The summed E-state index contributed by atoms with van der Waals surface area (Å²) in [5.74, 6) is -13.1. The van der Waals surface area contributed by atoms with Gasteiger partial charge in [-0.15, -0.1) is 25.5 Å². The van der Waals surface area contributed by atoms with Crippen LogP contribution in [0.25, 0.3) is 56.1 Å². The van der Waals surface area contributed by atoms with Gasteiger partial charge in [0.1, 0.15) is 30.1 Å². The van der Waals surface area contributed by atoms with Crippen molar-refractivity contribution in [1.29, 1.82) is 0 Å². The van der Waals surface area contributed by atoms with Gasteiger partial charge < -0.3 is 26.6 Å². The van der Waals surface area contributed by atoms with Crippen LogP contribution in [0.15, 0.2) is 121 Å². The number of amides is 10. The maximum absolute atomic E-state index is 13.0. The van der Waals surface area contributed by atoms with E-state index in [9.17, 15) is 83.1 Å². The first-order chi connectivity index (χ1) is 68.9. The summed E-state index contributed by atoms with van der Waals surface area (Å²) in [6.45, 7) is 0. The number of pyridine rings is 5. The Morgan fingerprint density at radius 1 is 0.266 bits per heavy atom. The molecule has 10 amide bonds. The molecule has 0 aliphatic heterocycles. The number of aromatic nitrogens is 15. The summed E-state index contributed by atoms with van der Waals surface area (Å²) in [6.07, 6.45) is 27.6. The highest BCUT2D eigenvalue weighted by molar-refractivity contribution is 5.96. The highest BCUT2D eigenvalue weighted by Gasteiger charge is 2.63. The molecule has 10 heterocycles. The first-order valence-electron chi connectivity index (χ1n) is 49.6. The summed E-state index contributed by atoms with van der Waals surface area (Å²) >= 11 is 0. The number of hydrogen-bond donors (Lipinski definition) is 10. The first-order valence-corrected chi connectivity index (χ1v) is 49.6. The standard InChI is InChI=1S/3C20H21F2N5O2.2C20H22FN5O2/c3*21-20(22)10-14(20)18(29)23-13-8-6-11(7-9-13)15-2-1-3-16-24-19(26-27(15)16)25-17(28)12-4-5-12;2*21-15-10-14(15)19(28)22-13-8-6-11(7-9-13)16-2-1-3-17-23-20(25-26(16)17)24-18(27)12-4-5-12/h3*1-3,6,12-14H,4-5,7-10H2,(H,23,29)(H,25,26,28);2*1-3,6,12-15H,4-5,7-10H2,(H,22,28)(H,24,25,27)/t13-,14+;2*13-,14-;2*13-,14?,15?/m11010/s1. The third-order valence-corrected chi connectivity index (χ3v) is 28.7. The van der Waals surface area contributed by atoms with Crippen LogP contribution in [-0.4, -0.2) is 192 Å².